The molecular weight excluding hydrogens is 536 g/mol. The number of carbonyl (C=O) groups is 1. The summed E-state index contributed by atoms with van der Waals surface area (Å²) in [6.45, 7) is 3.02. The zero-order valence-corrected chi connectivity index (χ0v) is 21.9. The standard InChI is InChI=1S/C29H23BrN2O3S/c1-2-34-23-13-11-22(12-14-23)31-29-32-28(33)27(36-29)17-19-10-15-26(25(30)16-19)35-18-21-8-5-7-20-6-3-4-9-24(20)21/h3-17H,2,18H2,1H3,(H,31,32,33)/b27-17+. The highest BCUT2D eigenvalue weighted by atomic mass is 79.9. The Morgan fingerprint density at radius 2 is 1.78 bits per heavy atom. The van der Waals surface area contributed by atoms with Crippen LogP contribution in [0.1, 0.15) is 18.1 Å². The van der Waals surface area contributed by atoms with Crippen molar-refractivity contribution in [2.45, 2.75) is 13.5 Å². The van der Waals surface area contributed by atoms with Crippen molar-refractivity contribution in [3.63, 3.8) is 0 Å². The van der Waals surface area contributed by atoms with Gasteiger partial charge in [0.05, 0.1) is 21.7 Å². The fourth-order valence-electron chi connectivity index (χ4n) is 3.83. The highest BCUT2D eigenvalue weighted by Crippen LogP contribution is 2.32. The van der Waals surface area contributed by atoms with E-state index in [4.69, 9.17) is 9.47 Å². The highest BCUT2D eigenvalue weighted by Gasteiger charge is 2.24. The molecule has 5 nitrogen and oxygen atoms in total. The molecular formula is C29H23BrN2O3S. The molecule has 1 N–H and O–H groups in total. The van der Waals surface area contributed by atoms with E-state index in [9.17, 15) is 4.79 Å². The van der Waals surface area contributed by atoms with E-state index < -0.39 is 0 Å². The first-order valence-electron chi connectivity index (χ1n) is 11.5. The molecule has 0 saturated carbocycles. The molecule has 4 aromatic carbocycles. The first-order valence-corrected chi connectivity index (χ1v) is 13.1. The Kier molecular flexibility index (Phi) is 7.39. The summed E-state index contributed by atoms with van der Waals surface area (Å²) in [6.07, 6.45) is 1.85. The molecule has 1 saturated heterocycles. The molecule has 0 atom stereocenters. The summed E-state index contributed by atoms with van der Waals surface area (Å²) in [4.78, 5) is 17.6. The lowest BCUT2D eigenvalue weighted by Gasteiger charge is -2.11. The number of carbonyl (C=O) groups excluding carboxylic acids is 1. The third-order valence-corrected chi connectivity index (χ3v) is 7.08. The maximum Gasteiger partial charge on any atom is 0.264 e. The first kappa shape index (κ1) is 24.2. The number of nitrogens with one attached hydrogen (secondary N) is 1. The normalized spacial score (nSPS) is 15.4. The fourth-order valence-corrected chi connectivity index (χ4v) is 5.18. The summed E-state index contributed by atoms with van der Waals surface area (Å²) in [6, 6.07) is 27.7. The molecule has 0 spiro atoms. The van der Waals surface area contributed by atoms with E-state index in [1.807, 2.05) is 73.7 Å². The fraction of sp³-hybridized carbons (Fsp3) is 0.103. The summed E-state index contributed by atoms with van der Waals surface area (Å²) >= 11 is 4.93. The monoisotopic (exact) mass is 558 g/mol. The summed E-state index contributed by atoms with van der Waals surface area (Å²) in [5.74, 6) is 1.36. The highest BCUT2D eigenvalue weighted by molar-refractivity contribution is 9.10. The van der Waals surface area contributed by atoms with E-state index in [0.29, 0.717) is 23.3 Å². The van der Waals surface area contributed by atoms with Gasteiger partial charge in [0.25, 0.3) is 5.91 Å². The third kappa shape index (κ3) is 5.64. The Balaban J connectivity index is 1.27. The molecule has 1 fully saturated rings. The van der Waals surface area contributed by atoms with Crippen LogP contribution in [0.15, 0.2) is 99.3 Å². The SMILES string of the molecule is CCOc1ccc(N=C2NC(=O)/C(=C\c3ccc(OCc4cccc5ccccc45)c(Br)c3)S2)cc1. The van der Waals surface area contributed by atoms with Crippen LogP contribution in [0.25, 0.3) is 16.8 Å². The van der Waals surface area contributed by atoms with E-state index in [-0.39, 0.29) is 5.91 Å². The number of aliphatic imine (C=N–C) groups is 1. The number of fused-ring (bicyclic) bond motifs is 1. The van der Waals surface area contributed by atoms with Crippen molar-refractivity contribution in [2.75, 3.05) is 6.61 Å². The Bertz CT molecular complexity index is 1480. The van der Waals surface area contributed by atoms with E-state index >= 15 is 0 Å². The van der Waals surface area contributed by atoms with Gasteiger partial charge in [0.1, 0.15) is 18.1 Å². The molecule has 7 heteroatoms. The molecule has 0 bridgehead atoms. The molecule has 1 amide bonds. The summed E-state index contributed by atoms with van der Waals surface area (Å²) in [7, 11) is 0. The molecule has 180 valence electrons. The molecule has 0 unspecified atom stereocenters. The molecule has 36 heavy (non-hydrogen) atoms. The first-order chi connectivity index (χ1) is 17.6. The lowest BCUT2D eigenvalue weighted by atomic mass is 10.1. The van der Waals surface area contributed by atoms with Crippen LogP contribution in [-0.2, 0) is 11.4 Å². The lowest BCUT2D eigenvalue weighted by Crippen LogP contribution is -2.19. The average Bonchev–Trinajstić information content (AvgIpc) is 3.23. The quantitative estimate of drug-likeness (QED) is 0.239. The lowest BCUT2D eigenvalue weighted by molar-refractivity contribution is -0.115. The molecule has 4 aromatic rings. The second-order valence-electron chi connectivity index (χ2n) is 8.03. The minimum Gasteiger partial charge on any atom is -0.494 e. The maximum absolute atomic E-state index is 12.5. The zero-order valence-electron chi connectivity index (χ0n) is 19.5. The van der Waals surface area contributed by atoms with Crippen molar-refractivity contribution in [1.29, 1.82) is 0 Å². The van der Waals surface area contributed by atoms with Gasteiger partial charge in [-0.2, -0.15) is 0 Å². The van der Waals surface area contributed by atoms with Crippen LogP contribution in [0.5, 0.6) is 11.5 Å². The predicted molar refractivity (Wildman–Crippen MR) is 151 cm³/mol. The molecule has 1 heterocycles. The topological polar surface area (TPSA) is 59.9 Å². The van der Waals surface area contributed by atoms with Crippen LogP contribution < -0.4 is 14.8 Å². The van der Waals surface area contributed by atoms with Crippen LogP contribution >= 0.6 is 27.7 Å². The Morgan fingerprint density at radius 3 is 2.58 bits per heavy atom. The van der Waals surface area contributed by atoms with Crippen molar-refractivity contribution < 1.29 is 14.3 Å². The molecule has 1 aliphatic rings. The van der Waals surface area contributed by atoms with Crippen molar-refractivity contribution >= 4 is 61.3 Å². The molecule has 5 rings (SSSR count). The number of ether oxygens (including phenoxy) is 2. The van der Waals surface area contributed by atoms with Crippen molar-refractivity contribution in [3.8, 4) is 11.5 Å². The van der Waals surface area contributed by atoms with Crippen LogP contribution in [0.3, 0.4) is 0 Å². The Hall–Kier alpha value is -3.55. The van der Waals surface area contributed by atoms with Crippen molar-refractivity contribution in [2.24, 2.45) is 4.99 Å². The maximum atomic E-state index is 12.5. The van der Waals surface area contributed by atoms with Gasteiger partial charge in [-0.05, 0) is 99.0 Å². The van der Waals surface area contributed by atoms with E-state index in [1.54, 1.807) is 0 Å². The van der Waals surface area contributed by atoms with Gasteiger partial charge in [-0.15, -0.1) is 0 Å². The van der Waals surface area contributed by atoms with Crippen LogP contribution in [-0.4, -0.2) is 17.7 Å². The Morgan fingerprint density at radius 1 is 0.972 bits per heavy atom. The summed E-state index contributed by atoms with van der Waals surface area (Å²) < 4.78 is 12.4. The number of amidine groups is 1. The number of halogens is 1. The van der Waals surface area contributed by atoms with Gasteiger partial charge >= 0.3 is 0 Å². The number of rotatable bonds is 7. The van der Waals surface area contributed by atoms with Crippen LogP contribution in [0.4, 0.5) is 5.69 Å². The van der Waals surface area contributed by atoms with Gasteiger partial charge in [-0.3, -0.25) is 4.79 Å². The number of nitrogens with zero attached hydrogens (tertiary/aromatic N) is 1. The van der Waals surface area contributed by atoms with E-state index in [0.717, 1.165) is 32.8 Å². The molecule has 0 radical (unpaired) electrons. The smallest absolute Gasteiger partial charge is 0.264 e. The van der Waals surface area contributed by atoms with Gasteiger partial charge in [-0.1, -0.05) is 48.5 Å². The molecule has 0 aliphatic carbocycles. The van der Waals surface area contributed by atoms with Gasteiger partial charge in [0.2, 0.25) is 0 Å². The van der Waals surface area contributed by atoms with Crippen molar-refractivity contribution in [3.05, 3.63) is 105 Å². The predicted octanol–water partition coefficient (Wildman–Crippen LogP) is 7.47. The number of amides is 1. The van der Waals surface area contributed by atoms with Crippen LogP contribution in [0, 0.1) is 0 Å². The Labute approximate surface area is 222 Å². The van der Waals surface area contributed by atoms with Gasteiger partial charge in [0.15, 0.2) is 5.17 Å². The second-order valence-corrected chi connectivity index (χ2v) is 9.91. The summed E-state index contributed by atoms with van der Waals surface area (Å²) in [5.41, 5.74) is 2.77. The van der Waals surface area contributed by atoms with Gasteiger partial charge in [0, 0.05) is 0 Å². The van der Waals surface area contributed by atoms with Crippen LogP contribution in [0.2, 0.25) is 0 Å². The second kappa shape index (κ2) is 11.0. The average molecular weight is 559 g/mol. The molecule has 0 aromatic heterocycles. The minimum absolute atomic E-state index is 0.169. The van der Waals surface area contributed by atoms with E-state index in [2.05, 4.69) is 50.5 Å². The number of benzene rings is 4. The van der Waals surface area contributed by atoms with Crippen molar-refractivity contribution in [1.82, 2.24) is 5.32 Å². The minimum atomic E-state index is -0.169. The van der Waals surface area contributed by atoms with E-state index in [1.165, 1.54) is 22.5 Å². The molecule has 1 aliphatic heterocycles. The largest absolute Gasteiger partial charge is 0.494 e. The number of hydrogen-bond donors (Lipinski definition) is 1. The zero-order chi connectivity index (χ0) is 24.9. The summed E-state index contributed by atoms with van der Waals surface area (Å²) in [5, 5.41) is 5.75. The number of hydrogen-bond acceptors (Lipinski definition) is 5. The number of thioether (sulfide) groups is 1. The third-order valence-electron chi connectivity index (χ3n) is 5.55. The van der Waals surface area contributed by atoms with Gasteiger partial charge < -0.3 is 14.8 Å². The van der Waals surface area contributed by atoms with Gasteiger partial charge in [-0.25, -0.2) is 4.99 Å².